The molecule has 4 rings (SSSR count). The van der Waals surface area contributed by atoms with Gasteiger partial charge in [-0.25, -0.2) is 4.98 Å². The molecule has 1 saturated heterocycles. The van der Waals surface area contributed by atoms with E-state index in [1.807, 2.05) is 60.2 Å². The number of hydrogen-bond acceptors (Lipinski definition) is 5. The summed E-state index contributed by atoms with van der Waals surface area (Å²) in [6, 6.07) is 13.5. The van der Waals surface area contributed by atoms with E-state index >= 15 is 0 Å². The van der Waals surface area contributed by atoms with Gasteiger partial charge < -0.3 is 20.6 Å². The smallest absolute Gasteiger partial charge is 0.243 e. The van der Waals surface area contributed by atoms with E-state index in [0.29, 0.717) is 24.7 Å². The minimum absolute atomic E-state index is 0.0462. The molecule has 0 saturated carbocycles. The van der Waals surface area contributed by atoms with Gasteiger partial charge in [0.25, 0.3) is 0 Å². The number of imidazole rings is 1. The van der Waals surface area contributed by atoms with Crippen LogP contribution in [0.5, 0.6) is 0 Å². The van der Waals surface area contributed by atoms with Crippen LogP contribution in [0.25, 0.3) is 0 Å². The summed E-state index contributed by atoms with van der Waals surface area (Å²) in [4.78, 5) is 20.1. The largest absolute Gasteiger partial charge is 0.333 e. The summed E-state index contributed by atoms with van der Waals surface area (Å²) in [5, 5.41) is 14.6. The van der Waals surface area contributed by atoms with Crippen molar-refractivity contribution in [3.8, 4) is 0 Å². The average molecular weight is 531 g/mol. The number of halogens is 1. The Balaban J connectivity index is 1.63. The molecule has 7 nitrogen and oxygen atoms in total. The van der Waals surface area contributed by atoms with Crippen LogP contribution in [-0.4, -0.2) is 52.2 Å². The van der Waals surface area contributed by atoms with Crippen molar-refractivity contribution in [1.29, 1.82) is 5.41 Å². The van der Waals surface area contributed by atoms with Gasteiger partial charge in [-0.1, -0.05) is 54.4 Å². The second kappa shape index (κ2) is 13.3. The molecular formula is C30H35ClN6O. The third kappa shape index (κ3) is 7.07. The summed E-state index contributed by atoms with van der Waals surface area (Å²) < 4.78 is 2.00. The standard InChI is InChI=1S/C30H35ClN6O/c1-3-24-18-25(31)9-10-27(24)28(16-22(2)6-5-11-32)37-15-13-33-19-29(37)30(38)35-26-8-4-7-23(17-26)20-36-14-12-34-21-36/h4-12,14,16-18,21,28-29,32-33H,3,13,15,19-20H2,1-2H3,(H,35,38)/b6-5-,22-16+,32-11?/t28-,29+/m0/s1. The van der Waals surface area contributed by atoms with Gasteiger partial charge in [-0.05, 0) is 60.4 Å². The van der Waals surface area contributed by atoms with E-state index in [4.69, 9.17) is 17.0 Å². The zero-order chi connectivity index (χ0) is 26.9. The second-order valence-electron chi connectivity index (χ2n) is 9.46. The van der Waals surface area contributed by atoms with E-state index in [1.165, 1.54) is 6.21 Å². The Hall–Kier alpha value is -3.52. The first-order valence-electron chi connectivity index (χ1n) is 12.9. The van der Waals surface area contributed by atoms with Crippen molar-refractivity contribution in [2.24, 2.45) is 0 Å². The molecule has 1 aromatic heterocycles. The highest BCUT2D eigenvalue weighted by Crippen LogP contribution is 2.32. The predicted octanol–water partition coefficient (Wildman–Crippen LogP) is 5.25. The molecule has 2 heterocycles. The fourth-order valence-electron chi connectivity index (χ4n) is 4.90. The van der Waals surface area contributed by atoms with E-state index in [9.17, 15) is 4.79 Å². The topological polar surface area (TPSA) is 86.0 Å². The van der Waals surface area contributed by atoms with Crippen LogP contribution in [0.15, 0.2) is 85.0 Å². The first-order valence-corrected chi connectivity index (χ1v) is 13.3. The van der Waals surface area contributed by atoms with Crippen molar-refractivity contribution >= 4 is 29.4 Å². The SMILES string of the molecule is CCc1cc(Cl)ccc1[C@H](/C=C(C)/C=C\C=N)N1CCNC[C@@H]1C(=O)Nc1cccc(Cn2ccnc2)c1. The van der Waals surface area contributed by atoms with Crippen LogP contribution in [0.3, 0.4) is 0 Å². The van der Waals surface area contributed by atoms with E-state index in [-0.39, 0.29) is 18.0 Å². The second-order valence-corrected chi connectivity index (χ2v) is 9.90. The molecule has 2 atom stereocenters. The summed E-state index contributed by atoms with van der Waals surface area (Å²) in [5.74, 6) is -0.0462. The molecule has 3 N–H and O–H groups in total. The molecule has 1 amide bonds. The highest BCUT2D eigenvalue weighted by Gasteiger charge is 2.34. The molecule has 8 heteroatoms. The molecule has 1 aliphatic heterocycles. The van der Waals surface area contributed by atoms with Crippen LogP contribution in [0.4, 0.5) is 5.69 Å². The van der Waals surface area contributed by atoms with Crippen molar-refractivity contribution in [3.63, 3.8) is 0 Å². The lowest BCUT2D eigenvalue weighted by atomic mass is 9.93. The Morgan fingerprint density at radius 1 is 1.32 bits per heavy atom. The van der Waals surface area contributed by atoms with Crippen molar-refractivity contribution in [1.82, 2.24) is 19.8 Å². The first kappa shape index (κ1) is 27.5. The summed E-state index contributed by atoms with van der Waals surface area (Å²) >= 11 is 6.34. The number of aryl methyl sites for hydroxylation is 1. The van der Waals surface area contributed by atoms with Crippen LogP contribution in [-0.2, 0) is 17.8 Å². The molecule has 0 aliphatic carbocycles. The van der Waals surface area contributed by atoms with Crippen LogP contribution in [0.1, 0.15) is 36.6 Å². The van der Waals surface area contributed by atoms with Gasteiger partial charge in [0.15, 0.2) is 0 Å². The van der Waals surface area contributed by atoms with E-state index < -0.39 is 0 Å². The lowest BCUT2D eigenvalue weighted by molar-refractivity contribution is -0.122. The zero-order valence-corrected chi connectivity index (χ0v) is 22.7. The quantitative estimate of drug-likeness (QED) is 0.247. The molecule has 3 aromatic rings. The number of anilines is 1. The molecule has 2 aromatic carbocycles. The fourth-order valence-corrected chi connectivity index (χ4v) is 5.09. The lowest BCUT2D eigenvalue weighted by Gasteiger charge is -2.40. The lowest BCUT2D eigenvalue weighted by Crippen LogP contribution is -2.57. The van der Waals surface area contributed by atoms with Crippen molar-refractivity contribution < 1.29 is 4.79 Å². The monoisotopic (exact) mass is 530 g/mol. The van der Waals surface area contributed by atoms with Crippen LogP contribution >= 0.6 is 11.6 Å². The van der Waals surface area contributed by atoms with Gasteiger partial charge >= 0.3 is 0 Å². The molecule has 1 fully saturated rings. The summed E-state index contributed by atoms with van der Waals surface area (Å²) in [7, 11) is 0. The highest BCUT2D eigenvalue weighted by atomic mass is 35.5. The minimum Gasteiger partial charge on any atom is -0.333 e. The van der Waals surface area contributed by atoms with Crippen molar-refractivity contribution in [2.75, 3.05) is 25.0 Å². The van der Waals surface area contributed by atoms with Crippen molar-refractivity contribution in [3.05, 3.63) is 107 Å². The highest BCUT2D eigenvalue weighted by molar-refractivity contribution is 6.30. The Bertz CT molecular complexity index is 1300. The van der Waals surface area contributed by atoms with E-state index in [0.717, 1.165) is 40.9 Å². The summed E-state index contributed by atoms with van der Waals surface area (Å²) in [5.41, 5.74) is 5.19. The number of carbonyl (C=O) groups excluding carboxylic acids is 1. The zero-order valence-electron chi connectivity index (χ0n) is 21.9. The predicted molar refractivity (Wildman–Crippen MR) is 155 cm³/mol. The number of amides is 1. The maximum atomic E-state index is 13.7. The third-order valence-corrected chi connectivity index (χ3v) is 6.98. The normalized spacial score (nSPS) is 17.4. The van der Waals surface area contributed by atoms with Gasteiger partial charge in [-0.2, -0.15) is 0 Å². The number of benzene rings is 2. The number of nitrogens with zero attached hydrogens (tertiary/aromatic N) is 3. The number of rotatable bonds is 10. The maximum Gasteiger partial charge on any atom is 0.243 e. The van der Waals surface area contributed by atoms with Crippen molar-refractivity contribution in [2.45, 2.75) is 38.9 Å². The Morgan fingerprint density at radius 3 is 2.95 bits per heavy atom. The molecule has 0 radical (unpaired) electrons. The van der Waals surface area contributed by atoms with Gasteiger partial charge in [0.2, 0.25) is 5.91 Å². The number of hydrogen-bond donors (Lipinski definition) is 3. The third-order valence-electron chi connectivity index (χ3n) is 6.74. The number of carbonyl (C=O) groups is 1. The number of allylic oxidation sites excluding steroid dienone is 3. The molecule has 0 unspecified atom stereocenters. The molecule has 0 bridgehead atoms. The molecule has 198 valence electrons. The summed E-state index contributed by atoms with van der Waals surface area (Å²) in [6.45, 7) is 6.89. The number of piperazine rings is 1. The Kier molecular flexibility index (Phi) is 9.65. The van der Waals surface area contributed by atoms with Gasteiger partial charge in [0.1, 0.15) is 6.04 Å². The van der Waals surface area contributed by atoms with Gasteiger partial charge in [-0.3, -0.25) is 9.69 Å². The maximum absolute atomic E-state index is 13.7. The Morgan fingerprint density at radius 2 is 2.18 bits per heavy atom. The number of aromatic nitrogens is 2. The van der Waals surface area contributed by atoms with E-state index in [2.05, 4.69) is 39.6 Å². The Labute approximate surface area is 229 Å². The van der Waals surface area contributed by atoms with Crippen LogP contribution < -0.4 is 10.6 Å². The first-order chi connectivity index (χ1) is 18.5. The number of nitrogens with one attached hydrogen (secondary N) is 3. The van der Waals surface area contributed by atoms with E-state index in [1.54, 1.807) is 18.6 Å². The van der Waals surface area contributed by atoms with Crippen LogP contribution in [0.2, 0.25) is 5.02 Å². The minimum atomic E-state index is -0.373. The molecule has 38 heavy (non-hydrogen) atoms. The average Bonchev–Trinajstić information content (AvgIpc) is 3.44. The van der Waals surface area contributed by atoms with Gasteiger partial charge in [0.05, 0.1) is 12.4 Å². The molecule has 1 aliphatic rings. The fraction of sp³-hybridized carbons (Fsp3) is 0.300. The van der Waals surface area contributed by atoms with Gasteiger partial charge in [-0.15, -0.1) is 0 Å². The van der Waals surface area contributed by atoms with Crippen LogP contribution in [0, 0.1) is 5.41 Å². The molecular weight excluding hydrogens is 496 g/mol. The van der Waals surface area contributed by atoms with Gasteiger partial charge in [0, 0.05) is 55.5 Å². The molecule has 0 spiro atoms. The summed E-state index contributed by atoms with van der Waals surface area (Å²) in [6.07, 6.45) is 13.4.